The Balaban J connectivity index is 1.60. The van der Waals surface area contributed by atoms with Gasteiger partial charge >= 0.3 is 5.97 Å². The van der Waals surface area contributed by atoms with Crippen molar-refractivity contribution in [3.63, 3.8) is 0 Å². The van der Waals surface area contributed by atoms with E-state index in [4.69, 9.17) is 25.5 Å². The number of nitrogens with zero attached hydrogens (tertiary/aromatic N) is 3. The Morgan fingerprint density at radius 3 is 2.62 bits per heavy atom. The summed E-state index contributed by atoms with van der Waals surface area (Å²) in [7, 11) is 0. The van der Waals surface area contributed by atoms with Gasteiger partial charge in [0.15, 0.2) is 4.80 Å². The lowest BCUT2D eigenvalue weighted by Crippen LogP contribution is -2.39. The third-order valence-electron chi connectivity index (χ3n) is 6.41. The lowest BCUT2D eigenvalue weighted by Gasteiger charge is -2.25. The van der Waals surface area contributed by atoms with Crippen LogP contribution >= 0.6 is 22.9 Å². The maximum Gasteiger partial charge on any atom is 0.338 e. The quantitative estimate of drug-likeness (QED) is 0.149. The first-order valence-corrected chi connectivity index (χ1v) is 14.3. The predicted octanol–water partition coefficient (Wildman–Crippen LogP) is 5.41. The van der Waals surface area contributed by atoms with Gasteiger partial charge in [-0.25, -0.2) is 9.79 Å². The van der Waals surface area contributed by atoms with E-state index in [1.54, 1.807) is 44.2 Å². The number of aromatic nitrogens is 1. The molecule has 1 atom stereocenters. The number of hydrogen-bond donors (Lipinski definition) is 0. The molecule has 5 rings (SSSR count). The number of ether oxygens (including phenoxy) is 2. The molecular formula is C30H26ClN3O7S. The highest BCUT2D eigenvalue weighted by atomic mass is 35.5. The minimum absolute atomic E-state index is 0.0131. The Bertz CT molecular complexity index is 1900. The summed E-state index contributed by atoms with van der Waals surface area (Å²) < 4.78 is 18.8. The average Bonchev–Trinajstić information content (AvgIpc) is 3.52. The van der Waals surface area contributed by atoms with Gasteiger partial charge in [0.2, 0.25) is 0 Å². The Hall–Kier alpha value is -4.48. The molecule has 0 radical (unpaired) electrons. The highest BCUT2D eigenvalue weighted by Gasteiger charge is 2.33. The Morgan fingerprint density at radius 2 is 1.95 bits per heavy atom. The summed E-state index contributed by atoms with van der Waals surface area (Å²) in [5.74, 6) is 0.762. The van der Waals surface area contributed by atoms with Gasteiger partial charge in [-0.3, -0.25) is 19.5 Å². The Morgan fingerprint density at radius 1 is 1.21 bits per heavy atom. The lowest BCUT2D eigenvalue weighted by molar-refractivity contribution is -0.384. The summed E-state index contributed by atoms with van der Waals surface area (Å²) in [6.07, 6.45) is 1.56. The van der Waals surface area contributed by atoms with Crippen molar-refractivity contribution in [3.05, 3.63) is 112 Å². The van der Waals surface area contributed by atoms with E-state index in [1.807, 2.05) is 26.0 Å². The molecule has 0 unspecified atom stereocenters. The van der Waals surface area contributed by atoms with Crippen molar-refractivity contribution in [2.75, 3.05) is 6.61 Å². The Labute approximate surface area is 248 Å². The molecule has 0 bridgehead atoms. The number of hydrogen-bond acceptors (Lipinski definition) is 9. The van der Waals surface area contributed by atoms with Crippen LogP contribution in [-0.4, -0.2) is 28.2 Å². The molecule has 0 aliphatic carbocycles. The van der Waals surface area contributed by atoms with Crippen LogP contribution in [0.4, 0.5) is 5.69 Å². The van der Waals surface area contributed by atoms with Crippen LogP contribution in [0.25, 0.3) is 17.4 Å². The number of thiazole rings is 1. The van der Waals surface area contributed by atoms with Crippen molar-refractivity contribution in [2.24, 2.45) is 4.99 Å². The summed E-state index contributed by atoms with van der Waals surface area (Å²) in [5.41, 5.74) is 1.27. The molecule has 12 heteroatoms. The zero-order valence-corrected chi connectivity index (χ0v) is 24.7. The Kier molecular flexibility index (Phi) is 8.15. The number of allylic oxidation sites excluding steroid dienone is 1. The smallest absolute Gasteiger partial charge is 0.338 e. The van der Waals surface area contributed by atoms with Crippen LogP contribution in [0.1, 0.15) is 45.1 Å². The van der Waals surface area contributed by atoms with E-state index in [1.165, 1.54) is 22.8 Å². The van der Waals surface area contributed by atoms with Gasteiger partial charge in [0, 0.05) is 23.8 Å². The SMILES string of the molecule is CCOC(=O)C1=C(C)N=c2s/c(=C\c3ccc(-c4cc([N+](=O)[O-])ccc4Cl)o3)c(=O)n2[C@@H]1c1ccc(OC(C)C)cc1. The molecule has 0 saturated heterocycles. The first kappa shape index (κ1) is 29.0. The number of benzene rings is 2. The molecule has 1 aliphatic rings. The molecule has 216 valence electrons. The lowest BCUT2D eigenvalue weighted by atomic mass is 9.96. The minimum atomic E-state index is -0.772. The molecule has 10 nitrogen and oxygen atoms in total. The fourth-order valence-corrected chi connectivity index (χ4v) is 5.87. The van der Waals surface area contributed by atoms with Gasteiger partial charge in [-0.1, -0.05) is 35.1 Å². The largest absolute Gasteiger partial charge is 0.491 e. The number of halogens is 1. The maximum absolute atomic E-state index is 13.8. The molecule has 4 aromatic rings. The summed E-state index contributed by atoms with van der Waals surface area (Å²) in [5, 5.41) is 11.5. The molecule has 1 aliphatic heterocycles. The van der Waals surface area contributed by atoms with Crippen molar-refractivity contribution in [2.45, 2.75) is 39.8 Å². The number of furan rings is 1. The zero-order valence-electron chi connectivity index (χ0n) is 23.1. The van der Waals surface area contributed by atoms with Crippen LogP contribution in [0.5, 0.6) is 5.75 Å². The van der Waals surface area contributed by atoms with Gasteiger partial charge in [0.05, 0.1) is 44.5 Å². The second kappa shape index (κ2) is 11.8. The molecule has 0 spiro atoms. The fourth-order valence-electron chi connectivity index (χ4n) is 4.63. The first-order chi connectivity index (χ1) is 20.1. The maximum atomic E-state index is 13.8. The van der Waals surface area contributed by atoms with E-state index in [-0.39, 0.29) is 34.6 Å². The highest BCUT2D eigenvalue weighted by molar-refractivity contribution is 7.07. The van der Waals surface area contributed by atoms with Gasteiger partial charge in [-0.05, 0) is 63.6 Å². The van der Waals surface area contributed by atoms with E-state index in [9.17, 15) is 19.7 Å². The van der Waals surface area contributed by atoms with Crippen LogP contribution in [0.15, 0.2) is 80.1 Å². The third-order valence-corrected chi connectivity index (χ3v) is 7.72. The van der Waals surface area contributed by atoms with Crippen LogP contribution < -0.4 is 19.6 Å². The summed E-state index contributed by atoms with van der Waals surface area (Å²) in [4.78, 5) is 42.7. The molecule has 0 fully saturated rings. The number of fused-ring (bicyclic) bond motifs is 1. The molecular weight excluding hydrogens is 582 g/mol. The number of nitro groups is 1. The van der Waals surface area contributed by atoms with Gasteiger partial charge < -0.3 is 13.9 Å². The van der Waals surface area contributed by atoms with E-state index < -0.39 is 16.9 Å². The molecule has 2 aromatic carbocycles. The summed E-state index contributed by atoms with van der Waals surface area (Å²) in [6, 6.07) is 13.8. The normalized spacial score (nSPS) is 15.0. The number of rotatable bonds is 8. The molecule has 0 amide bonds. The average molecular weight is 608 g/mol. The van der Waals surface area contributed by atoms with Crippen LogP contribution in [-0.2, 0) is 9.53 Å². The minimum Gasteiger partial charge on any atom is -0.491 e. The summed E-state index contributed by atoms with van der Waals surface area (Å²) >= 11 is 7.43. The third kappa shape index (κ3) is 5.65. The number of nitro benzene ring substituents is 1. The van der Waals surface area contributed by atoms with Gasteiger partial charge in [-0.2, -0.15) is 0 Å². The number of carbonyl (C=O) groups is 1. The molecule has 0 N–H and O–H groups in total. The van der Waals surface area contributed by atoms with Crippen molar-refractivity contribution in [1.82, 2.24) is 4.57 Å². The highest BCUT2D eigenvalue weighted by Crippen LogP contribution is 2.34. The zero-order chi connectivity index (χ0) is 30.1. The molecule has 3 heterocycles. The second-order valence-corrected chi connectivity index (χ2v) is 11.1. The van der Waals surface area contributed by atoms with Crippen molar-refractivity contribution in [1.29, 1.82) is 0 Å². The fraction of sp³-hybridized carbons (Fsp3) is 0.233. The van der Waals surface area contributed by atoms with Gasteiger partial charge in [0.25, 0.3) is 11.2 Å². The van der Waals surface area contributed by atoms with Crippen molar-refractivity contribution in [3.8, 4) is 17.1 Å². The van der Waals surface area contributed by atoms with E-state index in [0.717, 1.165) is 11.3 Å². The van der Waals surface area contributed by atoms with Gasteiger partial charge in [0.1, 0.15) is 17.3 Å². The number of esters is 1. The van der Waals surface area contributed by atoms with Crippen molar-refractivity contribution < 1.29 is 23.6 Å². The van der Waals surface area contributed by atoms with Crippen LogP contribution in [0.2, 0.25) is 5.02 Å². The molecule has 2 aromatic heterocycles. The van der Waals surface area contributed by atoms with E-state index >= 15 is 0 Å². The van der Waals surface area contributed by atoms with Crippen LogP contribution in [0.3, 0.4) is 0 Å². The monoisotopic (exact) mass is 607 g/mol. The van der Waals surface area contributed by atoms with E-state index in [2.05, 4.69) is 4.99 Å². The second-order valence-electron chi connectivity index (χ2n) is 9.66. The topological polar surface area (TPSA) is 126 Å². The van der Waals surface area contributed by atoms with Crippen LogP contribution in [0, 0.1) is 10.1 Å². The van der Waals surface area contributed by atoms with Crippen molar-refractivity contribution >= 4 is 40.7 Å². The molecule has 42 heavy (non-hydrogen) atoms. The number of carbonyl (C=O) groups excluding carboxylic acids is 1. The number of non-ortho nitro benzene ring substituents is 1. The molecule has 0 saturated carbocycles. The van der Waals surface area contributed by atoms with Gasteiger partial charge in [-0.15, -0.1) is 0 Å². The first-order valence-electron chi connectivity index (χ1n) is 13.1. The standard InChI is InChI=1S/C30H26ClN3O7S/c1-5-39-29(36)26-17(4)32-30-33(27(26)18-6-9-20(10-7-18)40-16(2)3)28(35)25(42-30)15-21-11-13-24(41-21)22-14-19(34(37)38)8-12-23(22)31/h6-16,27H,5H2,1-4H3/b25-15-/t27-/m1/s1. The van der Waals surface area contributed by atoms with E-state index in [0.29, 0.717) is 43.4 Å². The predicted molar refractivity (Wildman–Crippen MR) is 158 cm³/mol. The summed E-state index contributed by atoms with van der Waals surface area (Å²) in [6.45, 7) is 7.46.